The molecule has 0 saturated carbocycles. The fourth-order valence-electron chi connectivity index (χ4n) is 5.15. The van der Waals surface area contributed by atoms with E-state index < -0.39 is 0 Å². The molecule has 0 spiro atoms. The number of thiophene rings is 3. The third-order valence-corrected chi connectivity index (χ3v) is 10.5. The SMILES string of the molecule is CC1CCCc2cc(-c3cnc(-c4cc5c(s4)C(C)CCC5)c4sccc34)sc21. The van der Waals surface area contributed by atoms with E-state index in [2.05, 4.69) is 43.6 Å². The van der Waals surface area contributed by atoms with Crippen LogP contribution in [0.3, 0.4) is 0 Å². The molecule has 0 amide bonds. The van der Waals surface area contributed by atoms with Crippen molar-refractivity contribution in [2.24, 2.45) is 0 Å². The van der Waals surface area contributed by atoms with E-state index in [-0.39, 0.29) is 0 Å². The topological polar surface area (TPSA) is 12.9 Å². The van der Waals surface area contributed by atoms with Gasteiger partial charge in [0.15, 0.2) is 0 Å². The van der Waals surface area contributed by atoms with Crippen molar-refractivity contribution in [1.82, 2.24) is 4.98 Å². The molecule has 0 N–H and O–H groups in total. The number of hydrogen-bond acceptors (Lipinski definition) is 4. The van der Waals surface area contributed by atoms with Gasteiger partial charge >= 0.3 is 0 Å². The second kappa shape index (κ2) is 7.04. The molecule has 6 rings (SSSR count). The van der Waals surface area contributed by atoms with Gasteiger partial charge in [0.25, 0.3) is 0 Å². The van der Waals surface area contributed by atoms with Gasteiger partial charge in [-0.2, -0.15) is 0 Å². The normalized spacial score (nSPS) is 21.3. The smallest absolute Gasteiger partial charge is 0.0980 e. The highest BCUT2D eigenvalue weighted by Gasteiger charge is 2.24. The predicted molar refractivity (Wildman–Crippen MR) is 129 cm³/mol. The standard InChI is InChI=1S/C25H25NS3/c1-14-5-3-7-16-11-20(28-23(14)16)19-13-26-22(25-18(19)9-10-27-25)21-12-17-8-4-6-15(2)24(17)29-21/h9-15H,3-8H2,1-2H3. The van der Waals surface area contributed by atoms with Crippen LogP contribution in [-0.4, -0.2) is 4.98 Å². The van der Waals surface area contributed by atoms with Gasteiger partial charge in [0, 0.05) is 31.8 Å². The summed E-state index contributed by atoms with van der Waals surface area (Å²) in [6, 6.07) is 7.19. The van der Waals surface area contributed by atoms with Crippen LogP contribution in [-0.2, 0) is 12.8 Å². The van der Waals surface area contributed by atoms with E-state index in [1.165, 1.54) is 69.6 Å². The average molecular weight is 436 g/mol. The highest BCUT2D eigenvalue weighted by Crippen LogP contribution is 2.47. The van der Waals surface area contributed by atoms with Crippen LogP contribution < -0.4 is 0 Å². The second-order valence-corrected chi connectivity index (χ2v) is 11.9. The zero-order valence-corrected chi connectivity index (χ0v) is 19.4. The Hall–Kier alpha value is -1.49. The molecule has 29 heavy (non-hydrogen) atoms. The van der Waals surface area contributed by atoms with Crippen LogP contribution in [0.5, 0.6) is 0 Å². The first kappa shape index (κ1) is 18.3. The van der Waals surface area contributed by atoms with Gasteiger partial charge in [0.05, 0.1) is 15.3 Å². The summed E-state index contributed by atoms with van der Waals surface area (Å²) in [6.45, 7) is 4.77. The summed E-state index contributed by atoms with van der Waals surface area (Å²) in [5, 5.41) is 3.62. The predicted octanol–water partition coefficient (Wildman–Crippen LogP) is 8.63. The maximum Gasteiger partial charge on any atom is 0.0980 e. The van der Waals surface area contributed by atoms with Crippen LogP contribution >= 0.6 is 34.0 Å². The summed E-state index contributed by atoms with van der Waals surface area (Å²) in [5.74, 6) is 1.41. The molecule has 2 aliphatic rings. The van der Waals surface area contributed by atoms with E-state index in [0.717, 1.165) is 0 Å². The lowest BCUT2D eigenvalue weighted by Crippen LogP contribution is -2.02. The van der Waals surface area contributed by atoms with Crippen LogP contribution in [0.2, 0.25) is 0 Å². The first-order valence-electron chi connectivity index (χ1n) is 10.8. The fraction of sp³-hybridized carbons (Fsp3) is 0.400. The van der Waals surface area contributed by atoms with E-state index in [4.69, 9.17) is 4.98 Å². The molecule has 0 bridgehead atoms. The van der Waals surface area contributed by atoms with Crippen LogP contribution in [0.25, 0.3) is 31.1 Å². The molecule has 4 aromatic rings. The van der Waals surface area contributed by atoms with E-state index in [1.54, 1.807) is 20.9 Å². The molecule has 0 aliphatic heterocycles. The van der Waals surface area contributed by atoms with Crippen molar-refractivity contribution in [2.75, 3.05) is 0 Å². The highest BCUT2D eigenvalue weighted by atomic mass is 32.1. The molecule has 0 radical (unpaired) electrons. The monoisotopic (exact) mass is 435 g/mol. The van der Waals surface area contributed by atoms with E-state index in [0.29, 0.717) is 11.8 Å². The third kappa shape index (κ3) is 2.95. The summed E-state index contributed by atoms with van der Waals surface area (Å²) in [5.41, 5.74) is 5.67. The van der Waals surface area contributed by atoms with E-state index in [1.807, 2.05) is 34.0 Å². The van der Waals surface area contributed by atoms with Crippen molar-refractivity contribution >= 4 is 44.1 Å². The second-order valence-electron chi connectivity index (χ2n) is 8.77. The van der Waals surface area contributed by atoms with Crippen molar-refractivity contribution in [3.8, 4) is 21.0 Å². The molecule has 1 nitrogen and oxygen atoms in total. The first-order valence-corrected chi connectivity index (χ1v) is 13.3. The number of aryl methyl sites for hydroxylation is 2. The quantitative estimate of drug-likeness (QED) is 0.307. The van der Waals surface area contributed by atoms with Crippen LogP contribution in [0, 0.1) is 0 Å². The first-order chi connectivity index (χ1) is 14.2. The molecular formula is C25H25NS3. The molecule has 2 atom stereocenters. The minimum Gasteiger partial charge on any atom is -0.253 e. The largest absolute Gasteiger partial charge is 0.253 e. The van der Waals surface area contributed by atoms with Crippen LogP contribution in [0.1, 0.15) is 72.2 Å². The Kier molecular flexibility index (Phi) is 4.44. The van der Waals surface area contributed by atoms with Crippen LogP contribution in [0.15, 0.2) is 29.8 Å². The Balaban J connectivity index is 1.47. The number of aromatic nitrogens is 1. The molecule has 2 unspecified atom stereocenters. The van der Waals surface area contributed by atoms with Gasteiger partial charge in [-0.3, -0.25) is 4.98 Å². The van der Waals surface area contributed by atoms with E-state index in [9.17, 15) is 0 Å². The Morgan fingerprint density at radius 3 is 2.24 bits per heavy atom. The summed E-state index contributed by atoms with van der Waals surface area (Å²) in [4.78, 5) is 11.0. The number of rotatable bonds is 2. The third-order valence-electron chi connectivity index (χ3n) is 6.74. The van der Waals surface area contributed by atoms with Crippen molar-refractivity contribution < 1.29 is 0 Å². The lowest BCUT2D eigenvalue weighted by Gasteiger charge is -2.17. The minimum atomic E-state index is 0.704. The van der Waals surface area contributed by atoms with Crippen LogP contribution in [0.4, 0.5) is 0 Å². The van der Waals surface area contributed by atoms with Gasteiger partial charge < -0.3 is 0 Å². The molecule has 0 saturated heterocycles. The van der Waals surface area contributed by atoms with Gasteiger partial charge in [0.2, 0.25) is 0 Å². The number of hydrogen-bond donors (Lipinski definition) is 0. The molecule has 0 aromatic carbocycles. The van der Waals surface area contributed by atoms with Crippen molar-refractivity contribution in [2.45, 2.75) is 64.2 Å². The summed E-state index contributed by atoms with van der Waals surface area (Å²) >= 11 is 5.84. The summed E-state index contributed by atoms with van der Waals surface area (Å²) in [6.07, 6.45) is 9.95. The zero-order chi connectivity index (χ0) is 19.5. The molecule has 0 fully saturated rings. The maximum atomic E-state index is 5.05. The molecule has 2 aliphatic carbocycles. The van der Waals surface area contributed by atoms with Crippen molar-refractivity contribution in [3.05, 3.63) is 50.7 Å². The minimum absolute atomic E-state index is 0.704. The Bertz CT molecular complexity index is 1120. The van der Waals surface area contributed by atoms with Crippen molar-refractivity contribution in [3.63, 3.8) is 0 Å². The molecule has 4 aromatic heterocycles. The van der Waals surface area contributed by atoms with Gasteiger partial charge in [-0.05, 0) is 85.1 Å². The number of pyridine rings is 1. The number of nitrogens with zero attached hydrogens (tertiary/aromatic N) is 1. The van der Waals surface area contributed by atoms with Gasteiger partial charge in [0.1, 0.15) is 0 Å². The number of fused-ring (bicyclic) bond motifs is 3. The van der Waals surface area contributed by atoms with Gasteiger partial charge in [-0.1, -0.05) is 13.8 Å². The average Bonchev–Trinajstić information content (AvgIpc) is 3.45. The molecule has 4 heteroatoms. The van der Waals surface area contributed by atoms with Crippen molar-refractivity contribution in [1.29, 1.82) is 0 Å². The highest BCUT2D eigenvalue weighted by molar-refractivity contribution is 7.20. The lowest BCUT2D eigenvalue weighted by atomic mass is 9.90. The Morgan fingerprint density at radius 1 is 0.897 bits per heavy atom. The summed E-state index contributed by atoms with van der Waals surface area (Å²) in [7, 11) is 0. The summed E-state index contributed by atoms with van der Waals surface area (Å²) < 4.78 is 1.35. The Labute approximate surface area is 184 Å². The molecule has 148 valence electrons. The molecular weight excluding hydrogens is 410 g/mol. The van der Waals surface area contributed by atoms with E-state index >= 15 is 0 Å². The Morgan fingerprint density at radius 2 is 1.55 bits per heavy atom. The van der Waals surface area contributed by atoms with Gasteiger partial charge in [-0.25, -0.2) is 0 Å². The lowest BCUT2D eigenvalue weighted by molar-refractivity contribution is 0.602. The van der Waals surface area contributed by atoms with Gasteiger partial charge in [-0.15, -0.1) is 34.0 Å². The zero-order valence-electron chi connectivity index (χ0n) is 17.0. The maximum absolute atomic E-state index is 5.05. The molecule has 4 heterocycles. The fourth-order valence-corrected chi connectivity index (χ4v) is 8.76.